The zero-order valence-corrected chi connectivity index (χ0v) is 33.5. The number of phosphoric acid groups is 1. The minimum absolute atomic E-state index is 0.0780. The van der Waals surface area contributed by atoms with E-state index < -0.39 is 20.0 Å². The third-order valence-corrected chi connectivity index (χ3v) is 10.3. The number of carbonyl (C=O) groups is 1. The predicted molar refractivity (Wildman–Crippen MR) is 212 cm³/mol. The molecule has 0 aliphatic rings. The number of phosphoric ester groups is 1. The van der Waals surface area contributed by atoms with Crippen molar-refractivity contribution in [2.45, 2.75) is 212 Å². The molecule has 0 aliphatic heterocycles. The maximum absolute atomic E-state index is 12.7. The van der Waals surface area contributed by atoms with Gasteiger partial charge in [-0.1, -0.05) is 173 Å². The van der Waals surface area contributed by atoms with Crippen LogP contribution in [0.15, 0.2) is 24.3 Å². The Kier molecular flexibility index (Phi) is 37.0. The summed E-state index contributed by atoms with van der Waals surface area (Å²) in [6.45, 7) is 4.11. The molecule has 0 aliphatic carbocycles. The van der Waals surface area contributed by atoms with Crippen molar-refractivity contribution in [2.75, 3.05) is 19.8 Å². The van der Waals surface area contributed by atoms with Crippen molar-refractivity contribution in [2.24, 2.45) is 5.73 Å². The maximum atomic E-state index is 12.7. The molecule has 5 N–H and O–H groups in total. The predicted octanol–water partition coefficient (Wildman–Crippen LogP) is 11.4. The summed E-state index contributed by atoms with van der Waals surface area (Å²) >= 11 is 0. The number of aliphatic hydroxyl groups is 1. The summed E-state index contributed by atoms with van der Waals surface area (Å²) in [6, 6.07) is -0.861. The number of carbonyl (C=O) groups excluding carboxylic acids is 1. The molecule has 9 heteroatoms. The first-order chi connectivity index (χ1) is 24.4. The molecule has 8 nitrogen and oxygen atoms in total. The maximum Gasteiger partial charge on any atom is 0.472 e. The molecule has 0 aromatic heterocycles. The van der Waals surface area contributed by atoms with Gasteiger partial charge in [0.15, 0.2) is 0 Å². The molecule has 0 saturated carbocycles. The van der Waals surface area contributed by atoms with Crippen LogP contribution >= 0.6 is 7.82 Å². The zero-order chi connectivity index (χ0) is 36.8. The first-order valence-electron chi connectivity index (χ1n) is 21.0. The van der Waals surface area contributed by atoms with Gasteiger partial charge < -0.3 is 21.1 Å². The molecule has 0 radical (unpaired) electrons. The quantitative estimate of drug-likeness (QED) is 0.0281. The highest BCUT2D eigenvalue weighted by Crippen LogP contribution is 2.43. The smallest absolute Gasteiger partial charge is 0.387 e. The summed E-state index contributed by atoms with van der Waals surface area (Å²) in [6.07, 6.45) is 42.2. The highest BCUT2D eigenvalue weighted by Gasteiger charge is 2.26. The Balaban J connectivity index is 4.21. The lowest BCUT2D eigenvalue weighted by atomic mass is 10.0. The molecular weight excluding hydrogens is 647 g/mol. The lowest BCUT2D eigenvalue weighted by Crippen LogP contribution is -2.45. The number of nitrogens with two attached hydrogens (primary N) is 1. The van der Waals surface area contributed by atoms with Gasteiger partial charge in [-0.25, -0.2) is 4.57 Å². The summed E-state index contributed by atoms with van der Waals surface area (Å²) in [7, 11) is -4.33. The second kappa shape index (κ2) is 37.7. The van der Waals surface area contributed by atoms with Crippen LogP contribution in [0.1, 0.15) is 200 Å². The fraction of sp³-hybridized carbons (Fsp3) is 0.878. The van der Waals surface area contributed by atoms with Gasteiger partial charge in [-0.15, -0.1) is 0 Å². The molecule has 0 bridgehead atoms. The number of aliphatic hydroxyl groups excluding tert-OH is 1. The Morgan fingerprint density at radius 3 is 1.52 bits per heavy atom. The van der Waals surface area contributed by atoms with Crippen LogP contribution in [0, 0.1) is 0 Å². The van der Waals surface area contributed by atoms with Gasteiger partial charge in [0.05, 0.1) is 25.4 Å². The van der Waals surface area contributed by atoms with Gasteiger partial charge >= 0.3 is 7.82 Å². The average Bonchev–Trinajstić information content (AvgIpc) is 3.10. The number of hydrogen-bond donors (Lipinski definition) is 4. The second-order valence-electron chi connectivity index (χ2n) is 14.2. The fourth-order valence-corrected chi connectivity index (χ4v) is 6.83. The van der Waals surface area contributed by atoms with Crippen molar-refractivity contribution in [1.29, 1.82) is 0 Å². The molecule has 0 spiro atoms. The van der Waals surface area contributed by atoms with Gasteiger partial charge in [-0.2, -0.15) is 0 Å². The summed E-state index contributed by atoms with van der Waals surface area (Å²) < 4.78 is 22.1. The van der Waals surface area contributed by atoms with Gasteiger partial charge in [0.1, 0.15) is 0 Å². The highest BCUT2D eigenvalue weighted by molar-refractivity contribution is 7.47. The zero-order valence-electron chi connectivity index (χ0n) is 32.6. The van der Waals surface area contributed by atoms with Crippen molar-refractivity contribution in [3.63, 3.8) is 0 Å². The van der Waals surface area contributed by atoms with Crippen LogP contribution in [0.5, 0.6) is 0 Å². The highest BCUT2D eigenvalue weighted by atomic mass is 31.2. The molecule has 0 aromatic carbocycles. The Bertz CT molecular complexity index is 840. The van der Waals surface area contributed by atoms with E-state index in [9.17, 15) is 19.4 Å². The average molecular weight is 729 g/mol. The molecule has 3 unspecified atom stereocenters. The topological polar surface area (TPSA) is 131 Å². The molecule has 1 amide bonds. The molecule has 50 heavy (non-hydrogen) atoms. The van der Waals surface area contributed by atoms with Crippen LogP contribution in [0.2, 0.25) is 0 Å². The molecule has 0 heterocycles. The van der Waals surface area contributed by atoms with E-state index in [1.165, 1.54) is 128 Å². The Morgan fingerprint density at radius 2 is 1.04 bits per heavy atom. The van der Waals surface area contributed by atoms with E-state index in [0.717, 1.165) is 51.4 Å². The molecule has 0 saturated heterocycles. The number of hydrogen-bond acceptors (Lipinski definition) is 6. The Morgan fingerprint density at radius 1 is 0.640 bits per heavy atom. The fourth-order valence-electron chi connectivity index (χ4n) is 6.07. The van der Waals surface area contributed by atoms with E-state index in [1.807, 2.05) is 6.08 Å². The lowest BCUT2D eigenvalue weighted by Gasteiger charge is -2.23. The summed E-state index contributed by atoms with van der Waals surface area (Å²) in [5.41, 5.74) is 5.36. The Hall–Kier alpha value is -1.02. The summed E-state index contributed by atoms with van der Waals surface area (Å²) in [4.78, 5) is 22.6. The SMILES string of the molecule is CCCCC/C=C\CCCCCCCC(=O)NC(COP(=O)(O)OCCN)C(O)/C=C/CCCCCCCCCCCCCCCCCCC. The van der Waals surface area contributed by atoms with E-state index in [0.29, 0.717) is 6.42 Å². The van der Waals surface area contributed by atoms with Crippen LogP contribution < -0.4 is 11.1 Å². The standard InChI is InChI=1S/C41H81N2O6P/c1-3-5-7-9-11-13-15-17-18-19-20-21-22-23-24-26-28-30-32-34-40(44)39(38-49-50(46,47)48-37-36-42)43-41(45)35-33-31-29-27-25-16-14-12-10-8-6-4-2/h12,14,32,34,39-40,44H,3-11,13,15-31,33,35-38,42H2,1-2H3,(H,43,45)(H,46,47)/b14-12-,34-32+. The molecule has 0 fully saturated rings. The van der Waals surface area contributed by atoms with E-state index in [-0.39, 0.29) is 25.7 Å². The number of unbranched alkanes of at least 4 members (excludes halogenated alkanes) is 25. The van der Waals surface area contributed by atoms with Crippen molar-refractivity contribution < 1.29 is 28.4 Å². The van der Waals surface area contributed by atoms with Gasteiger partial charge in [-0.3, -0.25) is 13.8 Å². The van der Waals surface area contributed by atoms with Gasteiger partial charge in [0, 0.05) is 13.0 Å². The lowest BCUT2D eigenvalue weighted by molar-refractivity contribution is -0.123. The van der Waals surface area contributed by atoms with E-state index in [4.69, 9.17) is 14.8 Å². The van der Waals surface area contributed by atoms with E-state index in [2.05, 4.69) is 31.3 Å². The number of nitrogens with one attached hydrogen (secondary N) is 1. The van der Waals surface area contributed by atoms with Crippen molar-refractivity contribution in [3.05, 3.63) is 24.3 Å². The molecular formula is C41H81N2O6P. The minimum Gasteiger partial charge on any atom is -0.387 e. The van der Waals surface area contributed by atoms with Crippen molar-refractivity contribution in [1.82, 2.24) is 5.32 Å². The van der Waals surface area contributed by atoms with Crippen LogP contribution in [0.3, 0.4) is 0 Å². The third kappa shape index (κ3) is 35.4. The second-order valence-corrected chi connectivity index (χ2v) is 15.7. The minimum atomic E-state index is -4.33. The van der Waals surface area contributed by atoms with Crippen LogP contribution in [-0.4, -0.2) is 47.8 Å². The monoisotopic (exact) mass is 729 g/mol. The number of allylic oxidation sites excluding steroid dienone is 3. The van der Waals surface area contributed by atoms with Gasteiger partial charge in [0.25, 0.3) is 0 Å². The largest absolute Gasteiger partial charge is 0.472 e. The number of rotatable bonds is 39. The Labute approximate surface area is 308 Å². The van der Waals surface area contributed by atoms with Gasteiger partial charge in [0.2, 0.25) is 5.91 Å². The van der Waals surface area contributed by atoms with Crippen molar-refractivity contribution in [3.8, 4) is 0 Å². The summed E-state index contributed by atoms with van der Waals surface area (Å²) in [5.74, 6) is -0.204. The van der Waals surface area contributed by atoms with Crippen LogP contribution in [0.25, 0.3) is 0 Å². The van der Waals surface area contributed by atoms with Crippen molar-refractivity contribution >= 4 is 13.7 Å². The van der Waals surface area contributed by atoms with E-state index >= 15 is 0 Å². The summed E-state index contributed by atoms with van der Waals surface area (Å²) in [5, 5.41) is 13.6. The van der Waals surface area contributed by atoms with E-state index in [1.54, 1.807) is 6.08 Å². The third-order valence-electron chi connectivity index (χ3n) is 9.27. The molecule has 0 aromatic rings. The number of amides is 1. The normalized spacial score (nSPS) is 14.4. The van der Waals surface area contributed by atoms with Gasteiger partial charge in [-0.05, 0) is 44.9 Å². The van der Waals surface area contributed by atoms with Crippen LogP contribution in [-0.2, 0) is 18.4 Å². The van der Waals surface area contributed by atoms with Crippen LogP contribution in [0.4, 0.5) is 0 Å². The molecule has 296 valence electrons. The first kappa shape index (κ1) is 49.0. The molecule has 0 rings (SSSR count). The first-order valence-corrected chi connectivity index (χ1v) is 22.5. The molecule has 3 atom stereocenters.